The molecule has 3 rings (SSSR count). The predicted octanol–water partition coefficient (Wildman–Crippen LogP) is 4.86. The third-order valence-corrected chi connectivity index (χ3v) is 4.00. The van der Waals surface area contributed by atoms with Crippen LogP contribution in [0.1, 0.15) is 31.0 Å². The van der Waals surface area contributed by atoms with E-state index >= 15 is 0 Å². The lowest BCUT2D eigenvalue weighted by molar-refractivity contribution is 0.401. The van der Waals surface area contributed by atoms with E-state index in [-0.39, 0.29) is 16.1 Å². The molecule has 5 heteroatoms. The Hall–Kier alpha value is -1.19. The molecule has 0 N–H and O–H groups in total. The van der Waals surface area contributed by atoms with Crippen LogP contribution >= 0.6 is 23.2 Å². The summed E-state index contributed by atoms with van der Waals surface area (Å²) >= 11 is 12.3. The molecule has 1 fully saturated rings. The Balaban J connectivity index is 2.10. The molecule has 0 amide bonds. The predicted molar refractivity (Wildman–Crippen MR) is 74.0 cm³/mol. The summed E-state index contributed by atoms with van der Waals surface area (Å²) in [6.45, 7) is 0. The van der Waals surface area contributed by atoms with Gasteiger partial charge in [0.25, 0.3) is 0 Å². The fourth-order valence-corrected chi connectivity index (χ4v) is 2.76. The molecule has 98 valence electrons. The fraction of sp³-hybridized carbons (Fsp3) is 0.286. The molecule has 0 unspecified atom stereocenters. The Labute approximate surface area is 120 Å². The monoisotopic (exact) mass is 296 g/mol. The summed E-state index contributed by atoms with van der Waals surface area (Å²) in [4.78, 5) is 8.55. The summed E-state index contributed by atoms with van der Waals surface area (Å²) in [6.07, 6.45) is 3.30. The minimum atomic E-state index is -0.383. The highest BCUT2D eigenvalue weighted by molar-refractivity contribution is 6.37. The zero-order chi connectivity index (χ0) is 13.4. The highest BCUT2D eigenvalue weighted by Gasteiger charge is 2.25. The van der Waals surface area contributed by atoms with E-state index in [4.69, 9.17) is 23.2 Å². The van der Waals surface area contributed by atoms with E-state index in [1.54, 1.807) is 18.2 Å². The largest absolute Gasteiger partial charge is 0.220 e. The molecule has 1 heterocycles. The lowest BCUT2D eigenvalue weighted by atomic mass is 9.85. The van der Waals surface area contributed by atoms with Crippen LogP contribution in [0.15, 0.2) is 24.3 Å². The first-order chi connectivity index (χ1) is 9.16. The van der Waals surface area contributed by atoms with Crippen molar-refractivity contribution in [2.75, 3.05) is 0 Å². The molecule has 1 aliphatic carbocycles. The van der Waals surface area contributed by atoms with Gasteiger partial charge >= 0.3 is 0 Å². The first kappa shape index (κ1) is 12.8. The zero-order valence-corrected chi connectivity index (χ0v) is 11.5. The summed E-state index contributed by atoms with van der Waals surface area (Å²) in [5, 5.41) is 0.430. The first-order valence-electron chi connectivity index (χ1n) is 6.14. The van der Waals surface area contributed by atoms with Crippen LogP contribution in [0, 0.1) is 5.82 Å². The number of rotatable bonds is 2. The van der Waals surface area contributed by atoms with Crippen LogP contribution in [0.5, 0.6) is 0 Å². The molecule has 0 radical (unpaired) electrons. The Bertz CT molecular complexity index is 604. The Morgan fingerprint density at radius 3 is 2.21 bits per heavy atom. The molecule has 2 nitrogen and oxygen atoms in total. The Morgan fingerprint density at radius 1 is 1.05 bits per heavy atom. The summed E-state index contributed by atoms with van der Waals surface area (Å²) in [6, 6.07) is 6.33. The van der Waals surface area contributed by atoms with Gasteiger partial charge < -0.3 is 0 Å². The van der Waals surface area contributed by atoms with Crippen molar-refractivity contribution in [2.24, 2.45) is 0 Å². The molecule has 0 bridgehead atoms. The van der Waals surface area contributed by atoms with Crippen LogP contribution in [-0.4, -0.2) is 9.97 Å². The van der Waals surface area contributed by atoms with E-state index in [0.717, 1.165) is 12.8 Å². The third kappa shape index (κ3) is 2.33. The first-order valence-corrected chi connectivity index (χ1v) is 6.90. The van der Waals surface area contributed by atoms with Crippen molar-refractivity contribution in [1.82, 2.24) is 9.97 Å². The van der Waals surface area contributed by atoms with Gasteiger partial charge in [0, 0.05) is 11.5 Å². The van der Waals surface area contributed by atoms with Crippen molar-refractivity contribution >= 4 is 23.2 Å². The normalized spacial score (nSPS) is 15.3. The lowest BCUT2D eigenvalue weighted by Crippen LogP contribution is -2.13. The van der Waals surface area contributed by atoms with E-state index in [1.807, 2.05) is 0 Å². The molecule has 0 saturated heterocycles. The van der Waals surface area contributed by atoms with Gasteiger partial charge in [0.1, 0.15) is 21.9 Å². The maximum atomic E-state index is 13.8. The number of aromatic nitrogens is 2. The van der Waals surface area contributed by atoms with Crippen molar-refractivity contribution in [3.05, 3.63) is 46.2 Å². The molecular formula is C14H11Cl2FN2. The number of hydrogen-bond acceptors (Lipinski definition) is 2. The Kier molecular flexibility index (Phi) is 3.42. The fourth-order valence-electron chi connectivity index (χ4n) is 2.16. The van der Waals surface area contributed by atoms with Gasteiger partial charge in [-0.05, 0) is 18.9 Å². The topological polar surface area (TPSA) is 25.8 Å². The maximum absolute atomic E-state index is 13.8. The molecular weight excluding hydrogens is 286 g/mol. The second-order valence-electron chi connectivity index (χ2n) is 4.65. The zero-order valence-electron chi connectivity index (χ0n) is 10.0. The number of benzene rings is 1. The van der Waals surface area contributed by atoms with Gasteiger partial charge in [0.15, 0.2) is 0 Å². The standard InChI is InChI=1S/C14H11Cl2FN2/c15-12-11(9-6-1-2-7-10(9)17)13(16)19-14(18-12)8-4-3-5-8/h1-2,6-8H,3-5H2. The van der Waals surface area contributed by atoms with Crippen LogP contribution in [0.3, 0.4) is 0 Å². The van der Waals surface area contributed by atoms with Gasteiger partial charge in [0.05, 0.1) is 5.56 Å². The SMILES string of the molecule is Fc1ccccc1-c1c(Cl)nc(C2CCC2)nc1Cl. The van der Waals surface area contributed by atoms with E-state index in [0.29, 0.717) is 22.9 Å². The van der Waals surface area contributed by atoms with E-state index in [1.165, 1.54) is 12.5 Å². The van der Waals surface area contributed by atoms with Crippen LogP contribution < -0.4 is 0 Å². The van der Waals surface area contributed by atoms with Crippen LogP contribution in [0.25, 0.3) is 11.1 Å². The van der Waals surface area contributed by atoms with E-state index in [2.05, 4.69) is 9.97 Å². The van der Waals surface area contributed by atoms with Crippen LogP contribution in [0.2, 0.25) is 10.3 Å². The van der Waals surface area contributed by atoms with Crippen molar-refractivity contribution < 1.29 is 4.39 Å². The average Bonchev–Trinajstić information content (AvgIpc) is 2.28. The van der Waals surface area contributed by atoms with Crippen molar-refractivity contribution in [3.8, 4) is 11.1 Å². The van der Waals surface area contributed by atoms with Crippen molar-refractivity contribution in [2.45, 2.75) is 25.2 Å². The number of hydrogen-bond donors (Lipinski definition) is 0. The van der Waals surface area contributed by atoms with Crippen molar-refractivity contribution in [3.63, 3.8) is 0 Å². The van der Waals surface area contributed by atoms with Gasteiger partial charge in [-0.2, -0.15) is 0 Å². The second kappa shape index (κ2) is 5.06. The minimum Gasteiger partial charge on any atom is -0.220 e. The van der Waals surface area contributed by atoms with Crippen LogP contribution in [-0.2, 0) is 0 Å². The summed E-state index contributed by atoms with van der Waals surface area (Å²) in [5.41, 5.74) is 0.696. The molecule has 1 aliphatic rings. The molecule has 0 atom stereocenters. The van der Waals surface area contributed by atoms with Gasteiger partial charge in [-0.15, -0.1) is 0 Å². The summed E-state index contributed by atoms with van der Waals surface area (Å²) in [7, 11) is 0. The summed E-state index contributed by atoms with van der Waals surface area (Å²) < 4.78 is 13.8. The second-order valence-corrected chi connectivity index (χ2v) is 5.36. The highest BCUT2D eigenvalue weighted by atomic mass is 35.5. The average molecular weight is 297 g/mol. The Morgan fingerprint density at radius 2 is 1.68 bits per heavy atom. The molecule has 1 saturated carbocycles. The minimum absolute atomic E-state index is 0.215. The van der Waals surface area contributed by atoms with E-state index in [9.17, 15) is 4.39 Å². The van der Waals surface area contributed by atoms with E-state index < -0.39 is 0 Å². The quantitative estimate of drug-likeness (QED) is 0.740. The molecule has 0 aliphatic heterocycles. The molecule has 1 aromatic carbocycles. The van der Waals surface area contributed by atoms with Crippen LogP contribution in [0.4, 0.5) is 4.39 Å². The maximum Gasteiger partial charge on any atom is 0.142 e. The highest BCUT2D eigenvalue weighted by Crippen LogP contribution is 2.39. The smallest absolute Gasteiger partial charge is 0.142 e. The molecule has 2 aromatic rings. The number of halogens is 3. The lowest BCUT2D eigenvalue weighted by Gasteiger charge is -2.24. The summed E-state index contributed by atoms with van der Waals surface area (Å²) in [5.74, 6) is 0.623. The van der Waals surface area contributed by atoms with Gasteiger partial charge in [-0.1, -0.05) is 47.8 Å². The van der Waals surface area contributed by atoms with Gasteiger partial charge in [0.2, 0.25) is 0 Å². The third-order valence-electron chi connectivity index (χ3n) is 3.45. The molecule has 1 aromatic heterocycles. The molecule has 0 spiro atoms. The van der Waals surface area contributed by atoms with Crippen molar-refractivity contribution in [1.29, 1.82) is 0 Å². The molecule has 19 heavy (non-hydrogen) atoms. The number of nitrogens with zero attached hydrogens (tertiary/aromatic N) is 2. The van der Waals surface area contributed by atoms with Gasteiger partial charge in [-0.3, -0.25) is 0 Å². The van der Waals surface area contributed by atoms with Gasteiger partial charge in [-0.25, -0.2) is 14.4 Å².